The number of benzene rings is 1. The average molecular weight is 323 g/mol. The summed E-state index contributed by atoms with van der Waals surface area (Å²) in [6.07, 6.45) is 1.10. The van der Waals surface area contributed by atoms with Gasteiger partial charge in [-0.05, 0) is 31.2 Å². The second kappa shape index (κ2) is 6.22. The standard InChI is InChI=1S/C12H11ClN6O3/c1-7-10(6-15-12(14)17-19(21)22)11(20)18(16-7)9-4-2-8(13)3-5-9/h2-6,16H,1H3,(H2,14,17)/b15-6+. The van der Waals surface area contributed by atoms with Crippen molar-refractivity contribution in [1.82, 2.24) is 15.2 Å². The van der Waals surface area contributed by atoms with E-state index in [9.17, 15) is 14.9 Å². The summed E-state index contributed by atoms with van der Waals surface area (Å²) in [5.74, 6) is -0.678. The van der Waals surface area contributed by atoms with E-state index in [4.69, 9.17) is 17.0 Å². The molecule has 22 heavy (non-hydrogen) atoms. The SMILES string of the molecule is Cc1[nH]n(-c2ccc(Cl)cc2)c(=O)c1/C=N/C(=N)N[N+](=O)[O-]. The van der Waals surface area contributed by atoms with Gasteiger partial charge in [-0.15, -0.1) is 0 Å². The number of hydrogen-bond acceptors (Lipinski definition) is 4. The second-order valence-corrected chi connectivity index (χ2v) is 4.68. The Bertz CT molecular complexity index is 805. The maximum Gasteiger partial charge on any atom is 0.280 e. The highest BCUT2D eigenvalue weighted by Crippen LogP contribution is 2.12. The number of rotatable bonds is 3. The minimum atomic E-state index is -0.907. The van der Waals surface area contributed by atoms with E-state index in [0.717, 1.165) is 6.21 Å². The highest BCUT2D eigenvalue weighted by molar-refractivity contribution is 6.30. The van der Waals surface area contributed by atoms with Gasteiger partial charge in [0.25, 0.3) is 11.5 Å². The molecule has 0 amide bonds. The van der Waals surface area contributed by atoms with Crippen LogP contribution in [0, 0.1) is 22.4 Å². The Labute approximate surface area is 128 Å². The van der Waals surface area contributed by atoms with Crippen LogP contribution < -0.4 is 11.0 Å². The zero-order chi connectivity index (χ0) is 16.3. The fourth-order valence-electron chi connectivity index (χ4n) is 1.73. The van der Waals surface area contributed by atoms with Crippen molar-refractivity contribution in [3.05, 3.63) is 61.0 Å². The highest BCUT2D eigenvalue weighted by atomic mass is 35.5. The van der Waals surface area contributed by atoms with Crippen LogP contribution in [-0.2, 0) is 0 Å². The number of hydrogen-bond donors (Lipinski definition) is 3. The molecule has 2 aromatic rings. The zero-order valence-electron chi connectivity index (χ0n) is 11.3. The van der Waals surface area contributed by atoms with Crippen LogP contribution >= 0.6 is 11.6 Å². The fraction of sp³-hybridized carbons (Fsp3) is 0.0833. The van der Waals surface area contributed by atoms with Crippen LogP contribution in [0.2, 0.25) is 5.02 Å². The van der Waals surface area contributed by atoms with E-state index in [1.165, 1.54) is 4.68 Å². The maximum atomic E-state index is 12.3. The van der Waals surface area contributed by atoms with Crippen LogP contribution in [0.1, 0.15) is 11.3 Å². The molecule has 9 nitrogen and oxygen atoms in total. The van der Waals surface area contributed by atoms with Gasteiger partial charge in [0.05, 0.1) is 11.3 Å². The van der Waals surface area contributed by atoms with Crippen molar-refractivity contribution in [3.8, 4) is 5.69 Å². The third-order valence-electron chi connectivity index (χ3n) is 2.72. The van der Waals surface area contributed by atoms with E-state index in [1.807, 2.05) is 0 Å². The molecule has 0 unspecified atom stereocenters. The molecule has 10 heteroatoms. The molecule has 0 aliphatic rings. The third kappa shape index (κ3) is 3.38. The molecule has 0 saturated carbocycles. The Morgan fingerprint density at radius 1 is 1.50 bits per heavy atom. The molecular weight excluding hydrogens is 312 g/mol. The van der Waals surface area contributed by atoms with E-state index in [0.29, 0.717) is 16.4 Å². The summed E-state index contributed by atoms with van der Waals surface area (Å²) in [6, 6.07) is 6.61. The Hall–Kier alpha value is -2.94. The smallest absolute Gasteiger partial charge is 0.280 e. The summed E-state index contributed by atoms with van der Waals surface area (Å²) in [7, 11) is 0. The number of aromatic amines is 1. The lowest BCUT2D eigenvalue weighted by molar-refractivity contribution is -0.525. The van der Waals surface area contributed by atoms with Crippen LogP contribution in [0.25, 0.3) is 5.69 Å². The lowest BCUT2D eigenvalue weighted by Crippen LogP contribution is -2.27. The van der Waals surface area contributed by atoms with E-state index < -0.39 is 16.6 Å². The number of aryl methyl sites for hydroxylation is 1. The molecule has 0 bridgehead atoms. The molecule has 0 spiro atoms. The minimum Gasteiger partial charge on any atom is -0.295 e. The lowest BCUT2D eigenvalue weighted by Gasteiger charge is -2.00. The van der Waals surface area contributed by atoms with E-state index in [1.54, 1.807) is 36.6 Å². The van der Waals surface area contributed by atoms with Gasteiger partial charge in [-0.25, -0.2) is 19.8 Å². The molecule has 0 atom stereocenters. The summed E-state index contributed by atoms with van der Waals surface area (Å²) >= 11 is 5.80. The van der Waals surface area contributed by atoms with Gasteiger partial charge < -0.3 is 0 Å². The van der Waals surface area contributed by atoms with E-state index >= 15 is 0 Å². The van der Waals surface area contributed by atoms with Crippen molar-refractivity contribution in [2.75, 3.05) is 0 Å². The van der Waals surface area contributed by atoms with Crippen LogP contribution in [0.4, 0.5) is 0 Å². The van der Waals surface area contributed by atoms with Crippen molar-refractivity contribution >= 4 is 23.8 Å². The number of nitro groups is 1. The number of hydrazine groups is 1. The van der Waals surface area contributed by atoms with Gasteiger partial charge in [0, 0.05) is 16.9 Å². The molecule has 0 saturated heterocycles. The predicted molar refractivity (Wildman–Crippen MR) is 81.6 cm³/mol. The Morgan fingerprint density at radius 2 is 2.14 bits per heavy atom. The molecule has 3 N–H and O–H groups in total. The number of nitrogens with one attached hydrogen (secondary N) is 3. The third-order valence-corrected chi connectivity index (χ3v) is 2.97. The topological polar surface area (TPSA) is 129 Å². The molecule has 0 fully saturated rings. The summed E-state index contributed by atoms with van der Waals surface area (Å²) in [5.41, 5.74) is 2.47. The second-order valence-electron chi connectivity index (χ2n) is 4.24. The number of aliphatic imine (C=N–C) groups is 1. The molecular formula is C12H11ClN6O3. The summed E-state index contributed by atoms with van der Waals surface area (Å²) in [5, 5.41) is 19.9. The summed E-state index contributed by atoms with van der Waals surface area (Å²) in [6.45, 7) is 1.65. The molecule has 1 aromatic carbocycles. The van der Waals surface area contributed by atoms with E-state index in [2.05, 4.69) is 10.1 Å². The normalized spacial score (nSPS) is 10.8. The first kappa shape index (κ1) is 15.4. The van der Waals surface area contributed by atoms with Gasteiger partial charge in [0.2, 0.25) is 0 Å². The van der Waals surface area contributed by atoms with Gasteiger partial charge in [0.1, 0.15) is 0 Å². The molecule has 0 aliphatic heterocycles. The molecule has 1 aromatic heterocycles. The minimum absolute atomic E-state index is 0.199. The quantitative estimate of drug-likeness (QED) is 0.340. The molecule has 114 valence electrons. The van der Waals surface area contributed by atoms with Crippen molar-refractivity contribution in [2.45, 2.75) is 6.92 Å². The predicted octanol–water partition coefficient (Wildman–Crippen LogP) is 1.26. The molecule has 1 heterocycles. The van der Waals surface area contributed by atoms with Gasteiger partial charge >= 0.3 is 0 Å². The number of aromatic nitrogens is 2. The first-order chi connectivity index (χ1) is 10.4. The van der Waals surface area contributed by atoms with Crippen molar-refractivity contribution in [3.63, 3.8) is 0 Å². The van der Waals surface area contributed by atoms with Gasteiger partial charge in [-0.3, -0.25) is 15.3 Å². The zero-order valence-corrected chi connectivity index (χ0v) is 12.1. The van der Waals surface area contributed by atoms with Gasteiger partial charge in [0.15, 0.2) is 5.03 Å². The van der Waals surface area contributed by atoms with Crippen molar-refractivity contribution in [1.29, 1.82) is 5.41 Å². The Balaban J connectivity index is 2.33. The molecule has 2 rings (SSSR count). The Kier molecular flexibility index (Phi) is 4.37. The lowest BCUT2D eigenvalue weighted by atomic mass is 10.3. The number of guanidine groups is 1. The van der Waals surface area contributed by atoms with Crippen LogP contribution in [-0.4, -0.2) is 27.0 Å². The summed E-state index contributed by atoms with van der Waals surface area (Å²) in [4.78, 5) is 26.0. The fourth-order valence-corrected chi connectivity index (χ4v) is 1.85. The number of H-pyrrole nitrogens is 1. The first-order valence-electron chi connectivity index (χ1n) is 5.99. The molecule has 0 radical (unpaired) electrons. The largest absolute Gasteiger partial charge is 0.295 e. The monoisotopic (exact) mass is 322 g/mol. The van der Waals surface area contributed by atoms with Crippen molar-refractivity contribution < 1.29 is 5.03 Å². The van der Waals surface area contributed by atoms with Gasteiger partial charge in [-0.1, -0.05) is 17.0 Å². The van der Waals surface area contributed by atoms with Crippen LogP contribution in [0.5, 0.6) is 0 Å². The molecule has 0 aliphatic carbocycles. The van der Waals surface area contributed by atoms with Gasteiger partial charge in [-0.2, -0.15) is 0 Å². The highest BCUT2D eigenvalue weighted by Gasteiger charge is 2.11. The number of nitrogens with zero attached hydrogens (tertiary/aromatic N) is 3. The number of halogens is 1. The average Bonchev–Trinajstić information content (AvgIpc) is 2.72. The maximum absolute atomic E-state index is 12.3. The van der Waals surface area contributed by atoms with Crippen LogP contribution in [0.15, 0.2) is 34.1 Å². The summed E-state index contributed by atoms with van der Waals surface area (Å²) < 4.78 is 1.29. The van der Waals surface area contributed by atoms with E-state index in [-0.39, 0.29) is 5.56 Å². The van der Waals surface area contributed by atoms with Crippen LogP contribution in [0.3, 0.4) is 0 Å². The first-order valence-corrected chi connectivity index (χ1v) is 6.37. The van der Waals surface area contributed by atoms with Crippen molar-refractivity contribution in [2.24, 2.45) is 4.99 Å². The Morgan fingerprint density at radius 3 is 2.73 bits per heavy atom.